The number of ether oxygens (including phenoxy) is 1. The molecule has 0 spiro atoms. The molecule has 6 rings (SSSR count). The second-order valence-electron chi connectivity index (χ2n) is 10.5. The normalized spacial score (nSPS) is 22.1. The lowest BCUT2D eigenvalue weighted by atomic mass is 9.84. The molecule has 2 saturated heterocycles. The van der Waals surface area contributed by atoms with E-state index in [1.54, 1.807) is 0 Å². The molecule has 2 aliphatic heterocycles. The zero-order valence-electron chi connectivity index (χ0n) is 20.7. The summed E-state index contributed by atoms with van der Waals surface area (Å²) in [4.78, 5) is 28.5. The summed E-state index contributed by atoms with van der Waals surface area (Å²) in [5.41, 5.74) is 7.68. The number of allylic oxidation sites excluding steroid dienone is 1. The molecule has 1 aliphatic carbocycles. The van der Waals surface area contributed by atoms with Crippen molar-refractivity contribution in [3.05, 3.63) is 102 Å². The van der Waals surface area contributed by atoms with Crippen molar-refractivity contribution in [2.24, 2.45) is 5.92 Å². The summed E-state index contributed by atoms with van der Waals surface area (Å²) in [6, 6.07) is 24.7. The molecule has 1 amide bonds. The maximum Gasteiger partial charge on any atom is 0.410 e. The lowest BCUT2D eigenvalue weighted by Gasteiger charge is -2.37. The molecule has 3 aliphatic rings. The molecule has 4 nitrogen and oxygen atoms in total. The molecule has 2 unspecified atom stereocenters. The molecule has 3 aromatic carbocycles. The van der Waals surface area contributed by atoms with Gasteiger partial charge in [-0.05, 0) is 60.4 Å². The molecule has 0 aromatic heterocycles. The zero-order chi connectivity index (χ0) is 24.8. The fourth-order valence-corrected chi connectivity index (χ4v) is 6.51. The van der Waals surface area contributed by atoms with Gasteiger partial charge in [-0.25, -0.2) is 4.79 Å². The minimum absolute atomic E-state index is 0.0455. The van der Waals surface area contributed by atoms with Crippen molar-refractivity contribution in [3.8, 4) is 11.1 Å². The van der Waals surface area contributed by atoms with Gasteiger partial charge in [0.25, 0.3) is 0 Å². The smallest absolute Gasteiger partial charge is 0.410 e. The predicted octanol–water partition coefficient (Wildman–Crippen LogP) is 7.09. The van der Waals surface area contributed by atoms with Gasteiger partial charge < -0.3 is 9.64 Å². The van der Waals surface area contributed by atoms with E-state index in [4.69, 9.17) is 4.74 Å². The van der Waals surface area contributed by atoms with Crippen LogP contribution in [-0.4, -0.2) is 35.5 Å². The lowest BCUT2D eigenvalue weighted by Crippen LogP contribution is -2.48. The van der Waals surface area contributed by atoms with E-state index < -0.39 is 0 Å². The van der Waals surface area contributed by atoms with E-state index in [1.165, 1.54) is 22.3 Å². The highest BCUT2D eigenvalue weighted by Gasteiger charge is 2.46. The van der Waals surface area contributed by atoms with E-state index in [-0.39, 0.29) is 35.8 Å². The van der Waals surface area contributed by atoms with Gasteiger partial charge in [0, 0.05) is 29.5 Å². The molecule has 0 saturated carbocycles. The Morgan fingerprint density at radius 1 is 0.833 bits per heavy atom. The molecular weight excluding hydrogens is 446 g/mol. The molecule has 2 heterocycles. The van der Waals surface area contributed by atoms with Crippen molar-refractivity contribution in [1.29, 1.82) is 0 Å². The first-order chi connectivity index (χ1) is 17.5. The van der Waals surface area contributed by atoms with Crippen LogP contribution in [0.15, 0.2) is 79.4 Å². The van der Waals surface area contributed by atoms with E-state index in [0.29, 0.717) is 19.4 Å². The number of hydrogen-bond acceptors (Lipinski definition) is 3. The number of Topliss-reactive ketones (excluding diaryl/α,β-unsaturated/α-hetero) is 1. The summed E-state index contributed by atoms with van der Waals surface area (Å²) >= 11 is 0. The largest absolute Gasteiger partial charge is 0.448 e. The average molecular weight is 478 g/mol. The highest BCUT2D eigenvalue weighted by molar-refractivity contribution is 5.98. The maximum atomic E-state index is 13.3. The van der Waals surface area contributed by atoms with Crippen LogP contribution in [0, 0.1) is 5.92 Å². The van der Waals surface area contributed by atoms with Crippen LogP contribution >= 0.6 is 0 Å². The minimum atomic E-state index is -0.235. The fraction of sp³-hybridized carbons (Fsp3) is 0.312. The Bertz CT molecular complexity index is 1280. The van der Waals surface area contributed by atoms with Crippen molar-refractivity contribution in [2.75, 3.05) is 6.61 Å². The number of ketones is 1. The highest BCUT2D eigenvalue weighted by atomic mass is 16.6. The van der Waals surface area contributed by atoms with Gasteiger partial charge in [0.15, 0.2) is 5.78 Å². The zero-order valence-corrected chi connectivity index (χ0v) is 20.7. The SMILES string of the molecule is C=C(C)c1ccc(C(=O)C2CC3CCC(C2)N3C(=O)OCC2c3ccccc3-c3ccccc32)cc1. The van der Waals surface area contributed by atoms with Gasteiger partial charge in [-0.1, -0.05) is 84.9 Å². The van der Waals surface area contributed by atoms with Crippen LogP contribution in [-0.2, 0) is 4.74 Å². The quantitative estimate of drug-likeness (QED) is 0.368. The van der Waals surface area contributed by atoms with Gasteiger partial charge in [-0.2, -0.15) is 0 Å². The summed E-state index contributed by atoms with van der Waals surface area (Å²) in [5, 5.41) is 0. The first-order valence-corrected chi connectivity index (χ1v) is 12.9. The molecule has 3 aromatic rings. The standard InChI is InChI=1S/C32H31NO3/c1-20(2)21-11-13-22(14-12-21)31(34)23-17-24-15-16-25(18-23)33(24)32(35)36-19-30-28-9-5-3-7-26(28)27-8-4-6-10-29(27)30/h3-14,23-25,30H,1,15-19H2,2H3. The van der Waals surface area contributed by atoms with Crippen LogP contribution in [0.2, 0.25) is 0 Å². The van der Waals surface area contributed by atoms with Crippen LogP contribution in [0.4, 0.5) is 4.79 Å². The van der Waals surface area contributed by atoms with Crippen LogP contribution in [0.3, 0.4) is 0 Å². The Morgan fingerprint density at radius 3 is 1.92 bits per heavy atom. The Kier molecular flexibility index (Phi) is 5.75. The molecule has 2 atom stereocenters. The van der Waals surface area contributed by atoms with Crippen LogP contribution in [0.25, 0.3) is 16.7 Å². The number of amides is 1. The van der Waals surface area contributed by atoms with Gasteiger partial charge in [0.05, 0.1) is 0 Å². The molecule has 36 heavy (non-hydrogen) atoms. The molecule has 2 fully saturated rings. The number of fused-ring (bicyclic) bond motifs is 5. The third-order valence-corrected chi connectivity index (χ3v) is 8.31. The van der Waals surface area contributed by atoms with Crippen LogP contribution in [0.5, 0.6) is 0 Å². The molecule has 0 N–H and O–H groups in total. The van der Waals surface area contributed by atoms with E-state index in [9.17, 15) is 9.59 Å². The molecule has 4 heteroatoms. The second kappa shape index (κ2) is 9.09. The summed E-state index contributed by atoms with van der Waals surface area (Å²) in [6.45, 7) is 6.27. The van der Waals surface area contributed by atoms with Gasteiger partial charge in [0.2, 0.25) is 0 Å². The summed E-state index contributed by atoms with van der Waals surface area (Å²) in [6.07, 6.45) is 3.06. The number of carbonyl (C=O) groups excluding carboxylic acids is 2. The van der Waals surface area contributed by atoms with Crippen LogP contribution in [0.1, 0.15) is 65.6 Å². The summed E-state index contributed by atoms with van der Waals surface area (Å²) in [5.74, 6) is 0.198. The Morgan fingerprint density at radius 2 is 1.36 bits per heavy atom. The third-order valence-electron chi connectivity index (χ3n) is 8.31. The van der Waals surface area contributed by atoms with Crippen molar-refractivity contribution < 1.29 is 14.3 Å². The van der Waals surface area contributed by atoms with Gasteiger partial charge >= 0.3 is 6.09 Å². The van der Waals surface area contributed by atoms with Crippen LogP contribution < -0.4 is 0 Å². The summed E-state index contributed by atoms with van der Waals surface area (Å²) < 4.78 is 5.97. The van der Waals surface area contributed by atoms with Crippen molar-refractivity contribution in [2.45, 2.75) is 50.6 Å². The van der Waals surface area contributed by atoms with Gasteiger partial charge in [-0.3, -0.25) is 4.79 Å². The van der Waals surface area contributed by atoms with E-state index in [2.05, 4.69) is 43.0 Å². The third kappa shape index (κ3) is 3.85. The predicted molar refractivity (Wildman–Crippen MR) is 142 cm³/mol. The highest BCUT2D eigenvalue weighted by Crippen LogP contribution is 2.45. The van der Waals surface area contributed by atoms with E-state index in [0.717, 1.165) is 29.5 Å². The monoisotopic (exact) mass is 477 g/mol. The first kappa shape index (κ1) is 22.8. The number of carbonyl (C=O) groups is 2. The number of nitrogens with zero attached hydrogens (tertiary/aromatic N) is 1. The van der Waals surface area contributed by atoms with Gasteiger partial charge in [-0.15, -0.1) is 0 Å². The molecule has 182 valence electrons. The molecule has 2 bridgehead atoms. The number of rotatable bonds is 5. The first-order valence-electron chi connectivity index (χ1n) is 12.9. The van der Waals surface area contributed by atoms with E-state index >= 15 is 0 Å². The number of benzene rings is 3. The fourth-order valence-electron chi connectivity index (χ4n) is 6.51. The minimum Gasteiger partial charge on any atom is -0.448 e. The van der Waals surface area contributed by atoms with Crippen molar-refractivity contribution in [1.82, 2.24) is 4.90 Å². The second-order valence-corrected chi connectivity index (χ2v) is 10.5. The van der Waals surface area contributed by atoms with Crippen molar-refractivity contribution >= 4 is 17.4 Å². The van der Waals surface area contributed by atoms with E-state index in [1.807, 2.05) is 48.2 Å². The molecule has 0 radical (unpaired) electrons. The summed E-state index contributed by atoms with van der Waals surface area (Å²) in [7, 11) is 0. The maximum absolute atomic E-state index is 13.3. The Labute approximate surface area is 212 Å². The van der Waals surface area contributed by atoms with Gasteiger partial charge in [0.1, 0.15) is 6.61 Å². The molecular formula is C32H31NO3. The number of hydrogen-bond donors (Lipinski definition) is 0. The number of piperidine rings is 1. The Balaban J connectivity index is 1.13. The average Bonchev–Trinajstić information content (AvgIpc) is 3.37. The topological polar surface area (TPSA) is 46.6 Å². The van der Waals surface area contributed by atoms with Crippen molar-refractivity contribution in [3.63, 3.8) is 0 Å². The Hall–Kier alpha value is -3.66. The lowest BCUT2D eigenvalue weighted by molar-refractivity contribution is 0.0506.